The van der Waals surface area contributed by atoms with Crippen molar-refractivity contribution >= 4 is 23.4 Å². The standard InChI is InChI=1S/C21H28N4O2.C2H6/c1-15-8-5-10-17(14-15)24-20(27)22-13-7-11-16-9-6-12-18(23-16)25-19(26)21(2,3)4;1-2/h5-6,8-10,12,14H,7,11,13H2,1-4H3,(H2,22,24,27)(H,23,25,26);1-2H3. The van der Waals surface area contributed by atoms with Crippen molar-refractivity contribution in [3.05, 3.63) is 53.7 Å². The molecule has 1 aromatic heterocycles. The van der Waals surface area contributed by atoms with Crippen molar-refractivity contribution in [1.29, 1.82) is 0 Å². The molecule has 0 unspecified atom stereocenters. The van der Waals surface area contributed by atoms with E-state index in [4.69, 9.17) is 0 Å². The minimum absolute atomic E-state index is 0.0679. The van der Waals surface area contributed by atoms with Gasteiger partial charge in [-0.2, -0.15) is 0 Å². The molecule has 6 nitrogen and oxygen atoms in total. The third-order valence-electron chi connectivity index (χ3n) is 3.90. The molecule has 0 bridgehead atoms. The number of hydrogen-bond donors (Lipinski definition) is 3. The predicted molar refractivity (Wildman–Crippen MR) is 120 cm³/mol. The van der Waals surface area contributed by atoms with Crippen molar-refractivity contribution in [2.45, 2.75) is 54.4 Å². The molecule has 0 fully saturated rings. The van der Waals surface area contributed by atoms with Gasteiger partial charge in [0.2, 0.25) is 5.91 Å². The fourth-order valence-corrected chi connectivity index (χ4v) is 2.36. The Hall–Kier alpha value is -2.89. The molecule has 0 aliphatic carbocycles. The van der Waals surface area contributed by atoms with Crippen LogP contribution in [-0.4, -0.2) is 23.5 Å². The summed E-state index contributed by atoms with van der Waals surface area (Å²) in [6.07, 6.45) is 1.47. The maximum absolute atomic E-state index is 12.0. The highest BCUT2D eigenvalue weighted by Crippen LogP contribution is 2.16. The molecule has 0 atom stereocenters. The highest BCUT2D eigenvalue weighted by molar-refractivity contribution is 5.93. The summed E-state index contributed by atoms with van der Waals surface area (Å²) in [5.41, 5.74) is 2.28. The van der Waals surface area contributed by atoms with Gasteiger partial charge in [-0.15, -0.1) is 0 Å². The van der Waals surface area contributed by atoms with Crippen LogP contribution in [0.1, 0.15) is 52.3 Å². The van der Waals surface area contributed by atoms with Gasteiger partial charge in [0.25, 0.3) is 0 Å². The average molecular weight is 399 g/mol. The van der Waals surface area contributed by atoms with Crippen LogP contribution in [0.15, 0.2) is 42.5 Å². The summed E-state index contributed by atoms with van der Waals surface area (Å²) >= 11 is 0. The van der Waals surface area contributed by atoms with Gasteiger partial charge in [0, 0.05) is 23.3 Å². The van der Waals surface area contributed by atoms with Crippen molar-refractivity contribution < 1.29 is 9.59 Å². The number of pyridine rings is 1. The second-order valence-corrected chi connectivity index (χ2v) is 7.57. The van der Waals surface area contributed by atoms with Crippen LogP contribution in [0.25, 0.3) is 0 Å². The van der Waals surface area contributed by atoms with Gasteiger partial charge >= 0.3 is 6.03 Å². The molecule has 1 heterocycles. The smallest absolute Gasteiger partial charge is 0.319 e. The van der Waals surface area contributed by atoms with E-state index in [0.29, 0.717) is 18.8 Å². The monoisotopic (exact) mass is 398 g/mol. The summed E-state index contributed by atoms with van der Waals surface area (Å²) in [6.45, 7) is 12.1. The van der Waals surface area contributed by atoms with Crippen LogP contribution in [0.3, 0.4) is 0 Å². The summed E-state index contributed by atoms with van der Waals surface area (Å²) < 4.78 is 0. The van der Waals surface area contributed by atoms with Crippen LogP contribution >= 0.6 is 0 Å². The van der Waals surface area contributed by atoms with Crippen LogP contribution in [0.4, 0.5) is 16.3 Å². The van der Waals surface area contributed by atoms with Crippen molar-refractivity contribution in [1.82, 2.24) is 10.3 Å². The Balaban J connectivity index is 0.00000204. The summed E-state index contributed by atoms with van der Waals surface area (Å²) in [7, 11) is 0. The van der Waals surface area contributed by atoms with E-state index in [9.17, 15) is 9.59 Å². The van der Waals surface area contributed by atoms with Gasteiger partial charge in [0.1, 0.15) is 5.82 Å². The van der Waals surface area contributed by atoms with E-state index in [0.717, 1.165) is 23.4 Å². The van der Waals surface area contributed by atoms with Crippen LogP contribution in [0.5, 0.6) is 0 Å². The Morgan fingerprint density at radius 3 is 2.34 bits per heavy atom. The largest absolute Gasteiger partial charge is 0.338 e. The fourth-order valence-electron chi connectivity index (χ4n) is 2.36. The Morgan fingerprint density at radius 2 is 1.69 bits per heavy atom. The Morgan fingerprint density at radius 1 is 1.00 bits per heavy atom. The summed E-state index contributed by atoms with van der Waals surface area (Å²) in [4.78, 5) is 28.4. The molecule has 29 heavy (non-hydrogen) atoms. The van der Waals surface area contributed by atoms with Crippen LogP contribution in [0.2, 0.25) is 0 Å². The minimum Gasteiger partial charge on any atom is -0.338 e. The summed E-state index contributed by atoms with van der Waals surface area (Å²) in [6, 6.07) is 13.0. The average Bonchev–Trinajstić information content (AvgIpc) is 2.66. The van der Waals surface area contributed by atoms with Gasteiger partial charge in [0.15, 0.2) is 0 Å². The zero-order valence-electron chi connectivity index (χ0n) is 18.4. The number of carbonyl (C=O) groups is 2. The van der Waals surface area contributed by atoms with E-state index in [-0.39, 0.29) is 11.9 Å². The van der Waals surface area contributed by atoms with Gasteiger partial charge < -0.3 is 16.0 Å². The normalized spacial score (nSPS) is 10.4. The molecule has 6 heteroatoms. The topological polar surface area (TPSA) is 83.1 Å². The molecule has 1 aromatic carbocycles. The van der Waals surface area contributed by atoms with Gasteiger partial charge in [-0.1, -0.05) is 52.8 Å². The van der Waals surface area contributed by atoms with Gasteiger partial charge in [-0.3, -0.25) is 4.79 Å². The van der Waals surface area contributed by atoms with Gasteiger partial charge in [-0.05, 0) is 49.6 Å². The van der Waals surface area contributed by atoms with E-state index >= 15 is 0 Å². The predicted octanol–water partition coefficient (Wildman–Crippen LogP) is 5.16. The Bertz CT molecular complexity index is 797. The lowest BCUT2D eigenvalue weighted by Gasteiger charge is -2.17. The minimum atomic E-state index is -0.466. The first-order valence-corrected chi connectivity index (χ1v) is 10.1. The van der Waals surface area contributed by atoms with E-state index in [2.05, 4.69) is 20.9 Å². The number of amides is 3. The number of nitrogens with one attached hydrogen (secondary N) is 3. The molecule has 3 N–H and O–H groups in total. The van der Waals surface area contributed by atoms with E-state index in [1.54, 1.807) is 6.07 Å². The maximum Gasteiger partial charge on any atom is 0.319 e. The molecule has 0 saturated carbocycles. The lowest BCUT2D eigenvalue weighted by Crippen LogP contribution is -2.29. The first-order valence-electron chi connectivity index (χ1n) is 10.1. The number of aromatic nitrogens is 1. The molecule has 0 spiro atoms. The molecule has 2 rings (SSSR count). The van der Waals surface area contributed by atoms with Gasteiger partial charge in [0.05, 0.1) is 0 Å². The lowest BCUT2D eigenvalue weighted by atomic mass is 9.96. The molecular weight excluding hydrogens is 364 g/mol. The van der Waals surface area contributed by atoms with Crippen LogP contribution < -0.4 is 16.0 Å². The molecule has 0 aliphatic heterocycles. The van der Waals surface area contributed by atoms with Crippen molar-refractivity contribution in [2.24, 2.45) is 5.41 Å². The lowest BCUT2D eigenvalue weighted by molar-refractivity contribution is -0.123. The molecule has 2 aromatic rings. The Kier molecular flexibility index (Phi) is 9.86. The number of urea groups is 1. The quantitative estimate of drug-likeness (QED) is 0.588. The SMILES string of the molecule is CC.Cc1cccc(NC(=O)NCCCc2cccc(NC(=O)C(C)(C)C)n2)c1. The van der Waals surface area contributed by atoms with E-state index < -0.39 is 5.41 Å². The summed E-state index contributed by atoms with van der Waals surface area (Å²) in [5.74, 6) is 0.485. The first-order chi connectivity index (χ1) is 13.7. The summed E-state index contributed by atoms with van der Waals surface area (Å²) in [5, 5.41) is 8.49. The number of anilines is 2. The molecule has 3 amide bonds. The molecule has 0 radical (unpaired) electrons. The molecule has 0 saturated heterocycles. The number of rotatable bonds is 6. The molecule has 0 aliphatic rings. The second-order valence-electron chi connectivity index (χ2n) is 7.57. The zero-order chi connectivity index (χ0) is 21.9. The third kappa shape index (κ3) is 9.23. The first kappa shape index (κ1) is 24.1. The highest BCUT2D eigenvalue weighted by Gasteiger charge is 2.21. The molecular formula is C23H34N4O2. The number of nitrogens with zero attached hydrogens (tertiary/aromatic N) is 1. The van der Waals surface area contributed by atoms with Crippen molar-refractivity contribution in [3.8, 4) is 0 Å². The van der Waals surface area contributed by atoms with Crippen LogP contribution in [-0.2, 0) is 11.2 Å². The number of carbonyl (C=O) groups excluding carboxylic acids is 2. The number of benzene rings is 1. The van der Waals surface area contributed by atoms with Crippen LogP contribution in [0, 0.1) is 12.3 Å². The Labute approximate surface area is 174 Å². The highest BCUT2D eigenvalue weighted by atomic mass is 16.2. The fraction of sp³-hybridized carbons (Fsp3) is 0.435. The van der Waals surface area contributed by atoms with Crippen molar-refractivity contribution in [3.63, 3.8) is 0 Å². The molecule has 158 valence electrons. The van der Waals surface area contributed by atoms with Crippen molar-refractivity contribution in [2.75, 3.05) is 17.2 Å². The second kappa shape index (κ2) is 11.8. The zero-order valence-corrected chi connectivity index (χ0v) is 18.4. The number of aryl methyl sites for hydroxylation is 2. The third-order valence-corrected chi connectivity index (χ3v) is 3.90. The van der Waals surface area contributed by atoms with E-state index in [1.165, 1.54) is 0 Å². The maximum atomic E-state index is 12.0. The number of hydrogen-bond acceptors (Lipinski definition) is 3. The van der Waals surface area contributed by atoms with Gasteiger partial charge in [-0.25, -0.2) is 9.78 Å². The van der Waals surface area contributed by atoms with E-state index in [1.807, 2.05) is 77.9 Å².